The number of hydrogen-bond donors (Lipinski definition) is 2. The number of thiophene rings is 1. The van der Waals surface area contributed by atoms with Gasteiger partial charge >= 0.3 is 0 Å². The van der Waals surface area contributed by atoms with E-state index in [0.29, 0.717) is 6.61 Å². The molecule has 78 valence electrons. The van der Waals surface area contributed by atoms with E-state index in [1.165, 1.54) is 4.88 Å². The van der Waals surface area contributed by atoms with Gasteiger partial charge in [-0.3, -0.25) is 4.79 Å². The number of carbonyl (C=O) groups is 1. The highest BCUT2D eigenvalue weighted by atomic mass is 32.1. The van der Waals surface area contributed by atoms with Crippen molar-refractivity contribution in [3.05, 3.63) is 21.9 Å². The molecule has 5 heteroatoms. The van der Waals surface area contributed by atoms with Crippen LogP contribution in [-0.2, 0) is 9.53 Å². The van der Waals surface area contributed by atoms with Crippen LogP contribution in [0.2, 0.25) is 0 Å². The molecule has 4 N–H and O–H groups in total. The predicted molar refractivity (Wildman–Crippen MR) is 56.0 cm³/mol. The lowest BCUT2D eigenvalue weighted by Crippen LogP contribution is -2.22. The molecule has 1 aromatic rings. The maximum Gasteiger partial charge on any atom is 0.243 e. The number of amides is 1. The van der Waals surface area contributed by atoms with E-state index in [1.807, 2.05) is 19.1 Å². The van der Waals surface area contributed by atoms with Crippen molar-refractivity contribution < 1.29 is 9.53 Å². The zero-order valence-corrected chi connectivity index (χ0v) is 8.84. The fourth-order valence-corrected chi connectivity index (χ4v) is 1.88. The van der Waals surface area contributed by atoms with Gasteiger partial charge in [-0.25, -0.2) is 0 Å². The highest BCUT2D eigenvalue weighted by molar-refractivity contribution is 7.12. The Labute approximate surface area is 86.9 Å². The van der Waals surface area contributed by atoms with Gasteiger partial charge in [-0.1, -0.05) is 0 Å². The maximum atomic E-state index is 10.4. The third kappa shape index (κ3) is 3.45. The van der Waals surface area contributed by atoms with Gasteiger partial charge in [0.15, 0.2) is 0 Å². The Morgan fingerprint density at radius 1 is 1.64 bits per heavy atom. The molecule has 0 aromatic carbocycles. The molecule has 1 atom stereocenters. The minimum atomic E-state index is -0.473. The van der Waals surface area contributed by atoms with Crippen LogP contribution in [0.4, 0.5) is 0 Å². The number of aryl methyl sites for hydroxylation is 1. The average Bonchev–Trinajstić information content (AvgIpc) is 2.51. The molecule has 0 aliphatic rings. The van der Waals surface area contributed by atoms with E-state index in [0.717, 1.165) is 4.88 Å². The molecule has 0 spiro atoms. The smallest absolute Gasteiger partial charge is 0.243 e. The number of hydrogen-bond acceptors (Lipinski definition) is 4. The van der Waals surface area contributed by atoms with E-state index in [-0.39, 0.29) is 12.6 Å². The normalized spacial score (nSPS) is 12.7. The molecule has 0 aliphatic heterocycles. The van der Waals surface area contributed by atoms with Gasteiger partial charge < -0.3 is 16.2 Å². The summed E-state index contributed by atoms with van der Waals surface area (Å²) in [5.74, 6) is -0.473. The van der Waals surface area contributed by atoms with Crippen LogP contribution in [0.1, 0.15) is 15.8 Å². The Bertz CT molecular complexity index is 312. The largest absolute Gasteiger partial charge is 0.370 e. The molecule has 1 heterocycles. The predicted octanol–water partition coefficient (Wildman–Crippen LogP) is 0.558. The quantitative estimate of drug-likeness (QED) is 0.751. The van der Waals surface area contributed by atoms with Gasteiger partial charge in [-0.15, -0.1) is 11.3 Å². The van der Waals surface area contributed by atoms with Crippen molar-refractivity contribution >= 4 is 17.2 Å². The Morgan fingerprint density at radius 2 is 2.36 bits per heavy atom. The Morgan fingerprint density at radius 3 is 2.86 bits per heavy atom. The Kier molecular flexibility index (Phi) is 4.06. The molecule has 0 radical (unpaired) electrons. The van der Waals surface area contributed by atoms with Crippen LogP contribution >= 0.6 is 11.3 Å². The van der Waals surface area contributed by atoms with Gasteiger partial charge in [0.05, 0.1) is 12.6 Å². The van der Waals surface area contributed by atoms with Crippen molar-refractivity contribution in [3.63, 3.8) is 0 Å². The van der Waals surface area contributed by atoms with Crippen LogP contribution in [0.25, 0.3) is 0 Å². The summed E-state index contributed by atoms with van der Waals surface area (Å²) in [6, 6.07) is 3.81. The van der Waals surface area contributed by atoms with E-state index in [2.05, 4.69) is 0 Å². The van der Waals surface area contributed by atoms with Crippen LogP contribution in [-0.4, -0.2) is 19.1 Å². The monoisotopic (exact) mass is 214 g/mol. The third-order valence-corrected chi connectivity index (χ3v) is 2.80. The first-order chi connectivity index (χ1) is 6.59. The molecule has 0 aliphatic carbocycles. The van der Waals surface area contributed by atoms with E-state index in [1.54, 1.807) is 11.3 Å². The van der Waals surface area contributed by atoms with E-state index < -0.39 is 5.91 Å². The van der Waals surface area contributed by atoms with E-state index in [4.69, 9.17) is 16.2 Å². The van der Waals surface area contributed by atoms with Crippen molar-refractivity contribution in [3.8, 4) is 0 Å². The molecule has 1 rings (SSSR count). The van der Waals surface area contributed by atoms with Crippen molar-refractivity contribution in [1.82, 2.24) is 0 Å². The minimum Gasteiger partial charge on any atom is -0.370 e. The highest BCUT2D eigenvalue weighted by Gasteiger charge is 2.08. The van der Waals surface area contributed by atoms with Gasteiger partial charge in [0, 0.05) is 9.75 Å². The second-order valence-electron chi connectivity index (χ2n) is 3.04. The van der Waals surface area contributed by atoms with E-state index in [9.17, 15) is 4.79 Å². The molecule has 0 fully saturated rings. The lowest BCUT2D eigenvalue weighted by atomic mass is 10.3. The first kappa shape index (κ1) is 11.2. The molecule has 0 saturated carbocycles. The second-order valence-corrected chi connectivity index (χ2v) is 4.36. The summed E-state index contributed by atoms with van der Waals surface area (Å²) in [6.45, 7) is 2.27. The lowest BCUT2D eigenvalue weighted by Gasteiger charge is -2.08. The van der Waals surface area contributed by atoms with Gasteiger partial charge in [-0.2, -0.15) is 0 Å². The summed E-state index contributed by atoms with van der Waals surface area (Å²) in [4.78, 5) is 12.7. The molecule has 14 heavy (non-hydrogen) atoms. The molecule has 4 nitrogen and oxygen atoms in total. The standard InChI is InChI=1S/C9H14N2O2S/c1-6-2-3-8(14-6)7(10)4-13-5-9(11)12/h2-3,7H,4-5,10H2,1H3,(H2,11,12). The summed E-state index contributed by atoms with van der Waals surface area (Å²) >= 11 is 1.63. The average molecular weight is 214 g/mol. The number of primary amides is 1. The van der Waals surface area contributed by atoms with Crippen LogP contribution in [0.15, 0.2) is 12.1 Å². The third-order valence-electron chi connectivity index (χ3n) is 1.67. The number of carbonyl (C=O) groups excluding carboxylic acids is 1. The molecule has 1 unspecified atom stereocenters. The zero-order chi connectivity index (χ0) is 10.6. The summed E-state index contributed by atoms with van der Waals surface area (Å²) in [5.41, 5.74) is 10.7. The van der Waals surface area contributed by atoms with Gasteiger partial charge in [0.25, 0.3) is 0 Å². The Balaban J connectivity index is 2.35. The van der Waals surface area contributed by atoms with Crippen LogP contribution in [0, 0.1) is 6.92 Å². The Hall–Kier alpha value is -0.910. The highest BCUT2D eigenvalue weighted by Crippen LogP contribution is 2.20. The molecular formula is C9H14N2O2S. The lowest BCUT2D eigenvalue weighted by molar-refractivity contribution is -0.122. The van der Waals surface area contributed by atoms with E-state index >= 15 is 0 Å². The molecule has 0 bridgehead atoms. The molecule has 1 amide bonds. The molecular weight excluding hydrogens is 200 g/mol. The SMILES string of the molecule is Cc1ccc(C(N)COCC(N)=O)s1. The summed E-state index contributed by atoms with van der Waals surface area (Å²) in [5, 5.41) is 0. The van der Waals surface area contributed by atoms with Gasteiger partial charge in [0.2, 0.25) is 5.91 Å². The maximum absolute atomic E-state index is 10.4. The zero-order valence-electron chi connectivity index (χ0n) is 8.03. The van der Waals surface area contributed by atoms with Crippen molar-refractivity contribution in [2.24, 2.45) is 11.5 Å². The fraction of sp³-hybridized carbons (Fsp3) is 0.444. The number of nitrogens with two attached hydrogens (primary N) is 2. The molecule has 0 saturated heterocycles. The topological polar surface area (TPSA) is 78.3 Å². The second kappa shape index (κ2) is 5.09. The summed E-state index contributed by atoms with van der Waals surface area (Å²) in [6.07, 6.45) is 0. The minimum absolute atomic E-state index is 0.0714. The summed E-state index contributed by atoms with van der Waals surface area (Å²) < 4.78 is 5.03. The first-order valence-corrected chi connectivity index (χ1v) is 5.09. The van der Waals surface area contributed by atoms with Crippen molar-refractivity contribution in [1.29, 1.82) is 0 Å². The van der Waals surface area contributed by atoms with Crippen molar-refractivity contribution in [2.45, 2.75) is 13.0 Å². The van der Waals surface area contributed by atoms with Crippen LogP contribution in [0.3, 0.4) is 0 Å². The van der Waals surface area contributed by atoms with Crippen LogP contribution < -0.4 is 11.5 Å². The number of rotatable bonds is 5. The fourth-order valence-electron chi connectivity index (χ4n) is 1.02. The number of ether oxygens (including phenoxy) is 1. The molecule has 1 aromatic heterocycles. The first-order valence-electron chi connectivity index (χ1n) is 4.27. The van der Waals surface area contributed by atoms with Gasteiger partial charge in [0.1, 0.15) is 6.61 Å². The van der Waals surface area contributed by atoms with Crippen molar-refractivity contribution in [2.75, 3.05) is 13.2 Å². The summed E-state index contributed by atoms with van der Waals surface area (Å²) in [7, 11) is 0. The van der Waals surface area contributed by atoms with Crippen LogP contribution in [0.5, 0.6) is 0 Å². The van der Waals surface area contributed by atoms with Gasteiger partial charge in [-0.05, 0) is 19.1 Å².